The lowest BCUT2D eigenvalue weighted by atomic mass is 9.97. The topological polar surface area (TPSA) is 217 Å². The molecule has 3 fully saturated rings. The van der Waals surface area contributed by atoms with Crippen LogP contribution in [0.3, 0.4) is 0 Å². The van der Waals surface area contributed by atoms with E-state index in [2.05, 4.69) is 25.5 Å². The number of nitrogens with one attached hydrogen (secondary N) is 4. The van der Waals surface area contributed by atoms with E-state index >= 15 is 0 Å². The molecule has 338 valence electrons. The number of hydrogen-bond donors (Lipinski definition) is 6. The Kier molecular flexibility index (Phi) is 17.9. The second kappa shape index (κ2) is 21.2. The summed E-state index contributed by atoms with van der Waals surface area (Å²) in [4.78, 5) is 35.6. The summed E-state index contributed by atoms with van der Waals surface area (Å²) in [6, 6.07) is -1.29. The monoisotopic (exact) mass is 880 g/mol. The van der Waals surface area contributed by atoms with Crippen LogP contribution in [0.4, 0.5) is 40.7 Å². The summed E-state index contributed by atoms with van der Waals surface area (Å²) in [5, 5.41) is 28.4. The summed E-state index contributed by atoms with van der Waals surface area (Å²) in [7, 11) is -3.94. The summed E-state index contributed by atoms with van der Waals surface area (Å²) in [5.74, 6) is -11.8. The van der Waals surface area contributed by atoms with E-state index in [1.165, 1.54) is 13.8 Å². The lowest BCUT2D eigenvalue weighted by Gasteiger charge is -2.30. The molecule has 6 N–H and O–H groups in total. The van der Waals surface area contributed by atoms with Gasteiger partial charge in [-0.3, -0.25) is 9.80 Å². The van der Waals surface area contributed by atoms with Crippen molar-refractivity contribution in [1.82, 2.24) is 31.1 Å². The number of nitrogens with zero attached hydrogens (tertiary/aromatic N) is 2. The molecule has 17 nitrogen and oxygen atoms in total. The zero-order valence-corrected chi connectivity index (χ0v) is 34.0. The van der Waals surface area contributed by atoms with E-state index < -0.39 is 102 Å². The largest absolute Gasteiger partial charge is 0.394 e. The van der Waals surface area contributed by atoms with Gasteiger partial charge in [0.25, 0.3) is 16.0 Å². The first kappa shape index (κ1) is 49.7. The number of rotatable bonds is 7. The second-order valence-electron chi connectivity index (χ2n) is 14.1. The van der Waals surface area contributed by atoms with Crippen molar-refractivity contribution < 1.29 is 77.8 Å². The van der Waals surface area contributed by atoms with E-state index in [1.54, 1.807) is 31.2 Å². The van der Waals surface area contributed by atoms with Crippen molar-refractivity contribution in [2.75, 3.05) is 52.1 Å². The minimum absolute atomic E-state index is 0.0447. The number of amides is 6. The van der Waals surface area contributed by atoms with Gasteiger partial charge in [-0.2, -0.15) is 17.2 Å². The number of carbonyl (C=O) groups is 3. The Hall–Kier alpha value is -3.68. The number of aliphatic hydroxyl groups is 2. The molecule has 0 saturated carbocycles. The SMILES string of the molecule is CC[C@H]1OC(OS(C)(=O)=O)C(F)(F)[C@@H]1C.CC[C@H]1O[C@@H](N2CC=CCNC2=O)C(F)(F)[C@@H]1C.O=C1NCC=CCN1.O=C1NCC=CCN1[C@@H]1O[C@H](CO)[C@@H](O)C1(F)F. The molecule has 3 saturated heterocycles. The molecule has 6 heterocycles. The third kappa shape index (κ3) is 12.7. The van der Waals surface area contributed by atoms with Crippen molar-refractivity contribution in [3.63, 3.8) is 0 Å². The van der Waals surface area contributed by atoms with Crippen LogP contribution < -0.4 is 21.3 Å². The summed E-state index contributed by atoms with van der Waals surface area (Å²) in [5.41, 5.74) is 0. The molecule has 0 aromatic rings. The van der Waals surface area contributed by atoms with Crippen molar-refractivity contribution in [3.05, 3.63) is 36.5 Å². The minimum atomic E-state index is -3.94. The highest BCUT2D eigenvalue weighted by Gasteiger charge is 2.62. The summed E-state index contributed by atoms with van der Waals surface area (Å²) in [6.07, 6.45) is 2.01. The number of aliphatic hydroxyl groups excluding tert-OH is 2. The molecular weight excluding hydrogens is 826 g/mol. The van der Waals surface area contributed by atoms with Crippen molar-refractivity contribution in [3.8, 4) is 0 Å². The normalized spacial score (nSPS) is 33.2. The zero-order chi connectivity index (χ0) is 44.3. The van der Waals surface area contributed by atoms with Gasteiger partial charge in [-0.05, 0) is 12.8 Å². The first-order chi connectivity index (χ1) is 27.5. The zero-order valence-electron chi connectivity index (χ0n) is 33.2. The number of alkyl halides is 6. The number of urea groups is 3. The van der Waals surface area contributed by atoms with E-state index in [1.807, 2.05) is 19.1 Å². The smallest absolute Gasteiger partial charge is 0.320 e. The lowest BCUT2D eigenvalue weighted by Crippen LogP contribution is -2.53. The van der Waals surface area contributed by atoms with Gasteiger partial charge < -0.3 is 45.7 Å². The number of halogens is 6. The Balaban J connectivity index is 0.000000217. The van der Waals surface area contributed by atoms with Gasteiger partial charge in [0.05, 0.1) is 36.9 Å². The summed E-state index contributed by atoms with van der Waals surface area (Å²) < 4.78 is 124. The van der Waals surface area contributed by atoms with Crippen LogP contribution in [-0.4, -0.2) is 160 Å². The second-order valence-corrected chi connectivity index (χ2v) is 15.7. The quantitative estimate of drug-likeness (QED) is 0.124. The lowest BCUT2D eigenvalue weighted by molar-refractivity contribution is -0.174. The summed E-state index contributed by atoms with van der Waals surface area (Å²) >= 11 is 0. The van der Waals surface area contributed by atoms with Crippen LogP contribution in [0.2, 0.25) is 0 Å². The average molecular weight is 881 g/mol. The number of carbonyl (C=O) groups excluding carboxylic acids is 3. The van der Waals surface area contributed by atoms with Crippen molar-refractivity contribution in [2.24, 2.45) is 11.8 Å². The Bertz CT molecular complexity index is 1550. The van der Waals surface area contributed by atoms with Crippen LogP contribution in [-0.2, 0) is 28.5 Å². The summed E-state index contributed by atoms with van der Waals surface area (Å²) in [6.45, 7) is 7.56. The Morgan fingerprint density at radius 2 is 1.10 bits per heavy atom. The van der Waals surface area contributed by atoms with Crippen LogP contribution in [0, 0.1) is 11.8 Å². The highest BCUT2D eigenvalue weighted by atomic mass is 32.2. The van der Waals surface area contributed by atoms with Crippen LogP contribution in [0.15, 0.2) is 36.5 Å². The van der Waals surface area contributed by atoms with Crippen LogP contribution in [0.25, 0.3) is 0 Å². The molecule has 0 bridgehead atoms. The van der Waals surface area contributed by atoms with Gasteiger partial charge in [-0.15, -0.1) is 0 Å². The number of ether oxygens (including phenoxy) is 3. The van der Waals surface area contributed by atoms with Crippen molar-refractivity contribution in [2.45, 2.75) is 101 Å². The van der Waals surface area contributed by atoms with E-state index in [0.717, 1.165) is 16.1 Å². The van der Waals surface area contributed by atoms with Gasteiger partial charge in [0.15, 0.2) is 12.3 Å². The maximum absolute atomic E-state index is 14.2. The first-order valence-electron chi connectivity index (χ1n) is 18.9. The van der Waals surface area contributed by atoms with E-state index in [-0.39, 0.29) is 25.7 Å². The fraction of sp³-hybridized carbons (Fsp3) is 0.743. The Morgan fingerprint density at radius 3 is 1.51 bits per heavy atom. The van der Waals surface area contributed by atoms with Crippen molar-refractivity contribution in [1.29, 1.82) is 0 Å². The molecule has 1 unspecified atom stereocenters. The van der Waals surface area contributed by atoms with Crippen LogP contribution >= 0.6 is 0 Å². The minimum Gasteiger partial charge on any atom is -0.394 e. The standard InChI is InChI=1S/C12H18F2N2O2.C10H14F2N2O4.C8H14F2O4S.C5H8N2O/c1-3-9-8(2)12(13,14)10(18-9)16-7-5-4-6-15-11(16)17;11-10(12)7(16)6(5-15)18-8(10)14-4-2-1-3-13-9(14)17;1-4-6-5(2)8(9,10)7(13-6)14-15(3,11)12;8-5-6-3-1-2-4-7-5/h4-5,8-10H,3,6-7H2,1-2H3,(H,15,17);1-2,6-8,15-16H,3-5H2,(H,13,17);5-7H,4H2,1-3H3;1-2H,3-4H2,(H2,6,7,8)/t8-,9-,10-;6-,7-,8-;5-,6-,7?;/m111./s1. The Labute approximate surface area is 338 Å². The molecule has 0 aromatic carbocycles. The van der Waals surface area contributed by atoms with Gasteiger partial charge in [-0.25, -0.2) is 36.1 Å². The third-order valence-corrected chi connectivity index (χ3v) is 10.4. The van der Waals surface area contributed by atoms with Gasteiger partial charge in [0, 0.05) is 39.3 Å². The molecule has 0 spiro atoms. The van der Waals surface area contributed by atoms with Crippen molar-refractivity contribution >= 4 is 28.2 Å². The van der Waals surface area contributed by atoms with Gasteiger partial charge in [0.2, 0.25) is 12.5 Å². The fourth-order valence-electron chi connectivity index (χ4n) is 6.39. The van der Waals surface area contributed by atoms with E-state index in [0.29, 0.717) is 32.5 Å². The molecule has 6 amide bonds. The molecule has 9 atom stereocenters. The Morgan fingerprint density at radius 1 is 0.695 bits per heavy atom. The highest BCUT2D eigenvalue weighted by molar-refractivity contribution is 7.86. The molecular formula is C35H54F6N6O11S. The predicted molar refractivity (Wildman–Crippen MR) is 198 cm³/mol. The first-order valence-corrected chi connectivity index (χ1v) is 20.7. The molecule has 0 aromatic heterocycles. The number of hydrogen-bond acceptors (Lipinski definition) is 11. The van der Waals surface area contributed by atoms with E-state index in [9.17, 15) is 54.3 Å². The maximum atomic E-state index is 14.2. The average Bonchev–Trinajstić information content (AvgIpc) is 3.41. The highest BCUT2D eigenvalue weighted by Crippen LogP contribution is 2.44. The van der Waals surface area contributed by atoms with Crippen LogP contribution in [0.5, 0.6) is 0 Å². The fourth-order valence-corrected chi connectivity index (χ4v) is 6.88. The molecule has 6 rings (SSSR count). The van der Waals surface area contributed by atoms with Gasteiger partial charge >= 0.3 is 29.9 Å². The molecule has 0 aliphatic carbocycles. The predicted octanol–water partition coefficient (Wildman–Crippen LogP) is 2.48. The van der Waals surface area contributed by atoms with Gasteiger partial charge in [0.1, 0.15) is 6.10 Å². The van der Waals surface area contributed by atoms with Crippen LogP contribution in [0.1, 0.15) is 40.5 Å². The third-order valence-electron chi connectivity index (χ3n) is 9.90. The van der Waals surface area contributed by atoms with E-state index in [4.69, 9.17) is 19.3 Å². The molecule has 6 aliphatic rings. The molecule has 0 radical (unpaired) electrons. The molecule has 6 aliphatic heterocycles. The molecule has 59 heavy (non-hydrogen) atoms. The maximum Gasteiger partial charge on any atom is 0.320 e. The van der Waals surface area contributed by atoms with Gasteiger partial charge in [-0.1, -0.05) is 64.2 Å². The molecule has 24 heteroatoms.